The summed E-state index contributed by atoms with van der Waals surface area (Å²) in [6, 6.07) is 13.8. The van der Waals surface area contributed by atoms with Crippen LogP contribution in [0.4, 0.5) is 5.69 Å². The van der Waals surface area contributed by atoms with Gasteiger partial charge in [-0.3, -0.25) is 15.1 Å². The van der Waals surface area contributed by atoms with Crippen LogP contribution in [0.2, 0.25) is 0 Å². The van der Waals surface area contributed by atoms with Gasteiger partial charge in [-0.1, -0.05) is 24.3 Å². The quantitative estimate of drug-likeness (QED) is 0.683. The zero-order valence-electron chi connectivity index (χ0n) is 13.3. The minimum absolute atomic E-state index is 0.0566. The Labute approximate surface area is 141 Å². The number of pyridine rings is 1. The van der Waals surface area contributed by atoms with Crippen molar-refractivity contribution in [3.63, 3.8) is 0 Å². The molecular formula is C18H21N5O. The van der Waals surface area contributed by atoms with E-state index in [4.69, 9.17) is 0 Å². The van der Waals surface area contributed by atoms with Gasteiger partial charge in [0.25, 0.3) is 0 Å². The maximum atomic E-state index is 12.8. The van der Waals surface area contributed by atoms with Crippen LogP contribution in [0.25, 0.3) is 0 Å². The number of amides is 1. The number of hydrogen-bond donors (Lipinski definition) is 4. The van der Waals surface area contributed by atoms with Crippen LogP contribution >= 0.6 is 0 Å². The van der Waals surface area contributed by atoms with Crippen molar-refractivity contribution in [2.24, 2.45) is 5.92 Å². The van der Waals surface area contributed by atoms with Gasteiger partial charge < -0.3 is 16.0 Å². The van der Waals surface area contributed by atoms with E-state index in [1.165, 1.54) is 0 Å². The third kappa shape index (κ3) is 2.98. The van der Waals surface area contributed by atoms with E-state index in [0.29, 0.717) is 0 Å². The zero-order valence-corrected chi connectivity index (χ0v) is 13.3. The molecule has 3 heterocycles. The fourth-order valence-electron chi connectivity index (χ4n) is 3.64. The van der Waals surface area contributed by atoms with Gasteiger partial charge in [0.2, 0.25) is 5.91 Å². The van der Waals surface area contributed by atoms with E-state index in [2.05, 4.69) is 32.3 Å². The van der Waals surface area contributed by atoms with Crippen LogP contribution in [0.5, 0.6) is 0 Å². The molecular weight excluding hydrogens is 302 g/mol. The van der Waals surface area contributed by atoms with E-state index in [-0.39, 0.29) is 30.2 Å². The number of anilines is 1. The Morgan fingerprint density at radius 1 is 1.12 bits per heavy atom. The first-order chi connectivity index (χ1) is 11.8. The van der Waals surface area contributed by atoms with Crippen LogP contribution in [0, 0.1) is 5.92 Å². The molecule has 124 valence electrons. The van der Waals surface area contributed by atoms with E-state index >= 15 is 0 Å². The number of para-hydroxylation sites is 1. The molecule has 0 bridgehead atoms. The molecule has 6 heteroatoms. The second-order valence-corrected chi connectivity index (χ2v) is 6.26. The molecule has 0 spiro atoms. The molecule has 2 fully saturated rings. The highest BCUT2D eigenvalue weighted by molar-refractivity contribution is 5.82. The lowest BCUT2D eigenvalue weighted by atomic mass is 9.78. The van der Waals surface area contributed by atoms with E-state index < -0.39 is 0 Å². The summed E-state index contributed by atoms with van der Waals surface area (Å²) >= 11 is 0. The molecule has 1 aromatic heterocycles. The molecule has 0 saturated carbocycles. The number of nitrogens with one attached hydrogen (secondary N) is 4. The normalized spacial score (nSPS) is 29.4. The highest BCUT2D eigenvalue weighted by Gasteiger charge is 2.43. The number of nitrogens with zero attached hydrogens (tertiary/aromatic N) is 1. The lowest BCUT2D eigenvalue weighted by molar-refractivity contribution is -0.131. The van der Waals surface area contributed by atoms with Gasteiger partial charge in [0.1, 0.15) is 0 Å². The lowest BCUT2D eigenvalue weighted by Crippen LogP contribution is -2.70. The van der Waals surface area contributed by atoms with Gasteiger partial charge in [0.15, 0.2) is 6.29 Å². The molecule has 4 unspecified atom stereocenters. The average Bonchev–Trinajstić information content (AvgIpc) is 2.63. The van der Waals surface area contributed by atoms with Crippen LogP contribution in [0.15, 0.2) is 54.9 Å². The molecule has 6 nitrogen and oxygen atoms in total. The molecule has 24 heavy (non-hydrogen) atoms. The number of piperidine rings is 1. The smallest absolute Gasteiger partial charge is 0.229 e. The first kappa shape index (κ1) is 15.1. The molecule has 0 radical (unpaired) electrons. The van der Waals surface area contributed by atoms with Gasteiger partial charge in [-0.25, -0.2) is 0 Å². The minimum atomic E-state index is -0.290. The Balaban J connectivity index is 1.51. The molecule has 0 aliphatic carbocycles. The average molecular weight is 323 g/mol. The first-order valence-electron chi connectivity index (χ1n) is 8.32. The maximum Gasteiger partial charge on any atom is 0.229 e. The molecule has 4 rings (SSSR count). The molecule has 2 aromatic rings. The third-order valence-electron chi connectivity index (χ3n) is 4.75. The van der Waals surface area contributed by atoms with E-state index in [1.807, 2.05) is 42.6 Å². The fourth-order valence-corrected chi connectivity index (χ4v) is 3.64. The second kappa shape index (κ2) is 6.59. The third-order valence-corrected chi connectivity index (χ3v) is 4.75. The topological polar surface area (TPSA) is 78.1 Å². The Morgan fingerprint density at radius 3 is 2.79 bits per heavy atom. The highest BCUT2D eigenvalue weighted by atomic mass is 16.2. The van der Waals surface area contributed by atoms with Gasteiger partial charge in [-0.15, -0.1) is 0 Å². The number of carbonyl (C=O) groups is 1. The van der Waals surface area contributed by atoms with Crippen molar-refractivity contribution >= 4 is 11.6 Å². The van der Waals surface area contributed by atoms with E-state index in [9.17, 15) is 4.79 Å². The number of rotatable bonds is 3. The number of carbonyl (C=O) groups excluding carboxylic acids is 1. The summed E-state index contributed by atoms with van der Waals surface area (Å²) < 4.78 is 0. The number of fused-ring (bicyclic) bond motifs is 1. The van der Waals surface area contributed by atoms with Crippen molar-refractivity contribution in [1.29, 1.82) is 0 Å². The van der Waals surface area contributed by atoms with Gasteiger partial charge in [0, 0.05) is 24.0 Å². The van der Waals surface area contributed by atoms with Crippen molar-refractivity contribution in [3.8, 4) is 0 Å². The first-order valence-corrected chi connectivity index (χ1v) is 8.32. The largest absolute Gasteiger partial charge is 0.353 e. The van der Waals surface area contributed by atoms with Crippen LogP contribution in [0.1, 0.15) is 17.9 Å². The Kier molecular flexibility index (Phi) is 4.15. The van der Waals surface area contributed by atoms with Crippen LogP contribution in [0.3, 0.4) is 0 Å². The van der Waals surface area contributed by atoms with Crippen LogP contribution < -0.4 is 21.3 Å². The summed E-state index contributed by atoms with van der Waals surface area (Å²) in [5.74, 6) is 0.0973. The van der Waals surface area contributed by atoms with E-state index in [1.54, 1.807) is 6.20 Å². The Hall–Kier alpha value is -2.44. The maximum absolute atomic E-state index is 12.8. The summed E-state index contributed by atoms with van der Waals surface area (Å²) in [4.78, 5) is 17.0. The van der Waals surface area contributed by atoms with Crippen molar-refractivity contribution in [1.82, 2.24) is 20.9 Å². The minimum Gasteiger partial charge on any atom is -0.353 e. The SMILES string of the molecule is O=C1NC(Nc2ccccc2)NC2NCCC(c3cccnc3)C12. The molecule has 2 aliphatic heterocycles. The van der Waals surface area contributed by atoms with Crippen molar-refractivity contribution in [3.05, 3.63) is 60.4 Å². The van der Waals surface area contributed by atoms with Crippen LogP contribution in [-0.2, 0) is 4.79 Å². The van der Waals surface area contributed by atoms with Crippen molar-refractivity contribution in [2.45, 2.75) is 24.8 Å². The monoisotopic (exact) mass is 323 g/mol. The van der Waals surface area contributed by atoms with Gasteiger partial charge >= 0.3 is 0 Å². The summed E-state index contributed by atoms with van der Waals surface area (Å²) in [5, 5.41) is 13.2. The standard InChI is InChI=1S/C18H21N5O/c24-17-15-14(12-5-4-9-19-11-12)8-10-20-16(15)22-18(23-17)21-13-6-2-1-3-7-13/h1-7,9,11,14-16,18,20-22H,8,10H2,(H,23,24). The highest BCUT2D eigenvalue weighted by Crippen LogP contribution is 2.33. The van der Waals surface area contributed by atoms with Gasteiger partial charge in [0.05, 0.1) is 12.1 Å². The van der Waals surface area contributed by atoms with Crippen molar-refractivity contribution < 1.29 is 4.79 Å². The molecule has 1 aromatic carbocycles. The molecule has 4 atom stereocenters. The predicted octanol–water partition coefficient (Wildman–Crippen LogP) is 1.22. The zero-order chi connectivity index (χ0) is 16.4. The van der Waals surface area contributed by atoms with Crippen molar-refractivity contribution in [2.75, 3.05) is 11.9 Å². The lowest BCUT2D eigenvalue weighted by Gasteiger charge is -2.44. The summed E-state index contributed by atoms with van der Waals surface area (Å²) in [5.41, 5.74) is 2.09. The van der Waals surface area contributed by atoms with E-state index in [0.717, 1.165) is 24.2 Å². The summed E-state index contributed by atoms with van der Waals surface area (Å²) in [6.07, 6.45) is 4.22. The predicted molar refractivity (Wildman–Crippen MR) is 92.0 cm³/mol. The number of benzene rings is 1. The van der Waals surface area contributed by atoms with Crippen LogP contribution in [-0.4, -0.2) is 29.9 Å². The van der Waals surface area contributed by atoms with Gasteiger partial charge in [-0.05, 0) is 36.7 Å². The van der Waals surface area contributed by atoms with Gasteiger partial charge in [-0.2, -0.15) is 0 Å². The number of hydrogen-bond acceptors (Lipinski definition) is 5. The fraction of sp³-hybridized carbons (Fsp3) is 0.333. The molecule has 1 amide bonds. The number of aromatic nitrogens is 1. The molecule has 4 N–H and O–H groups in total. The summed E-state index contributed by atoms with van der Waals surface area (Å²) in [6.45, 7) is 0.874. The Morgan fingerprint density at radius 2 is 2.00 bits per heavy atom. The Bertz CT molecular complexity index is 693. The molecule has 2 aliphatic rings. The molecule has 2 saturated heterocycles. The summed E-state index contributed by atoms with van der Waals surface area (Å²) in [7, 11) is 0. The second-order valence-electron chi connectivity index (χ2n) is 6.26.